The molecule has 0 bridgehead atoms. The maximum Gasteiger partial charge on any atom is 0.416 e. The number of nitrogens with zero attached hydrogens (tertiary/aromatic N) is 1. The molecule has 0 spiro atoms. The van der Waals surface area contributed by atoms with Gasteiger partial charge in [0, 0.05) is 25.6 Å². The fraction of sp³-hybridized carbons (Fsp3) is 0.579. The molecule has 3 rings (SSSR count). The van der Waals surface area contributed by atoms with Gasteiger partial charge in [-0.3, -0.25) is 9.59 Å². The van der Waals surface area contributed by atoms with Crippen molar-refractivity contribution in [2.45, 2.75) is 38.5 Å². The average molecular weight is 383 g/mol. The van der Waals surface area contributed by atoms with Gasteiger partial charge in [0.2, 0.25) is 11.8 Å². The third-order valence-electron chi connectivity index (χ3n) is 5.33. The quantitative estimate of drug-likeness (QED) is 0.838. The van der Waals surface area contributed by atoms with Gasteiger partial charge in [0.15, 0.2) is 0 Å². The van der Waals surface area contributed by atoms with E-state index in [4.69, 9.17) is 0 Å². The highest BCUT2D eigenvalue weighted by molar-refractivity contribution is 5.89. The van der Waals surface area contributed by atoms with E-state index in [0.29, 0.717) is 11.5 Å². The molecule has 2 heterocycles. The van der Waals surface area contributed by atoms with Crippen molar-refractivity contribution < 1.29 is 22.8 Å². The van der Waals surface area contributed by atoms with Gasteiger partial charge in [0.1, 0.15) is 0 Å². The molecule has 148 valence electrons. The van der Waals surface area contributed by atoms with Gasteiger partial charge in [0.25, 0.3) is 0 Å². The van der Waals surface area contributed by atoms with E-state index in [9.17, 15) is 22.8 Å². The molecule has 0 aromatic heterocycles. The first-order chi connectivity index (χ1) is 12.7. The molecule has 1 aromatic carbocycles. The number of alkyl halides is 3. The molecule has 27 heavy (non-hydrogen) atoms. The first kappa shape index (κ1) is 19.7. The predicted octanol–water partition coefficient (Wildman–Crippen LogP) is 2.17. The molecule has 5 nitrogen and oxygen atoms in total. The average Bonchev–Trinajstić information content (AvgIpc) is 2.97. The molecule has 2 amide bonds. The van der Waals surface area contributed by atoms with Gasteiger partial charge < -0.3 is 15.5 Å². The third-order valence-corrected chi connectivity index (χ3v) is 5.33. The number of benzene rings is 1. The number of piperidine rings is 1. The molecule has 1 aromatic rings. The van der Waals surface area contributed by atoms with E-state index in [1.54, 1.807) is 6.07 Å². The van der Waals surface area contributed by atoms with Crippen LogP contribution in [0.1, 0.15) is 30.9 Å². The zero-order valence-corrected chi connectivity index (χ0v) is 15.2. The number of halogens is 3. The largest absolute Gasteiger partial charge is 0.416 e. The summed E-state index contributed by atoms with van der Waals surface area (Å²) in [6.07, 6.45) is -3.47. The SMILES string of the molecule is CC1CNCCC1NC(=O)C1CC(=O)N(Cc2cccc(C(F)(F)F)c2)C1. The van der Waals surface area contributed by atoms with Crippen LogP contribution >= 0.6 is 0 Å². The van der Waals surface area contributed by atoms with Crippen LogP contribution in [0.4, 0.5) is 13.2 Å². The summed E-state index contributed by atoms with van der Waals surface area (Å²) in [5.74, 6) is -0.481. The van der Waals surface area contributed by atoms with Gasteiger partial charge in [-0.25, -0.2) is 0 Å². The predicted molar refractivity (Wildman–Crippen MR) is 93.5 cm³/mol. The van der Waals surface area contributed by atoms with Crippen LogP contribution in [0.3, 0.4) is 0 Å². The Hall–Kier alpha value is -2.09. The molecule has 2 fully saturated rings. The van der Waals surface area contributed by atoms with Crippen molar-refractivity contribution in [3.05, 3.63) is 35.4 Å². The lowest BCUT2D eigenvalue weighted by molar-refractivity contribution is -0.137. The normalized spacial score (nSPS) is 26.3. The van der Waals surface area contributed by atoms with E-state index in [1.807, 2.05) is 0 Å². The fourth-order valence-electron chi connectivity index (χ4n) is 3.70. The van der Waals surface area contributed by atoms with Crippen molar-refractivity contribution in [1.29, 1.82) is 0 Å². The maximum atomic E-state index is 12.8. The zero-order chi connectivity index (χ0) is 19.6. The van der Waals surface area contributed by atoms with Crippen molar-refractivity contribution in [2.24, 2.45) is 11.8 Å². The Labute approximate surface area is 156 Å². The summed E-state index contributed by atoms with van der Waals surface area (Å²) in [5.41, 5.74) is -0.327. The molecule has 0 radical (unpaired) electrons. The highest BCUT2D eigenvalue weighted by atomic mass is 19.4. The van der Waals surface area contributed by atoms with Crippen LogP contribution in [0.25, 0.3) is 0 Å². The summed E-state index contributed by atoms with van der Waals surface area (Å²) < 4.78 is 38.5. The lowest BCUT2D eigenvalue weighted by atomic mass is 9.94. The summed E-state index contributed by atoms with van der Waals surface area (Å²) in [6, 6.07) is 5.04. The number of likely N-dealkylation sites (tertiary alicyclic amines) is 1. The van der Waals surface area contributed by atoms with Crippen LogP contribution in [-0.2, 0) is 22.3 Å². The minimum Gasteiger partial charge on any atom is -0.353 e. The minimum atomic E-state index is -4.42. The van der Waals surface area contributed by atoms with Crippen molar-refractivity contribution in [2.75, 3.05) is 19.6 Å². The Kier molecular flexibility index (Phi) is 5.74. The Morgan fingerprint density at radius 3 is 2.85 bits per heavy atom. The van der Waals surface area contributed by atoms with Crippen LogP contribution < -0.4 is 10.6 Å². The number of carbonyl (C=O) groups is 2. The van der Waals surface area contributed by atoms with Gasteiger partial charge in [0.05, 0.1) is 11.5 Å². The highest BCUT2D eigenvalue weighted by Gasteiger charge is 2.36. The third kappa shape index (κ3) is 4.80. The van der Waals surface area contributed by atoms with Crippen molar-refractivity contribution >= 4 is 11.8 Å². The van der Waals surface area contributed by atoms with Crippen molar-refractivity contribution in [3.63, 3.8) is 0 Å². The number of nitrogens with one attached hydrogen (secondary N) is 2. The summed E-state index contributed by atoms with van der Waals surface area (Å²) in [4.78, 5) is 26.2. The van der Waals surface area contributed by atoms with Crippen molar-refractivity contribution in [1.82, 2.24) is 15.5 Å². The second-order valence-electron chi connectivity index (χ2n) is 7.46. The highest BCUT2D eigenvalue weighted by Crippen LogP contribution is 2.30. The number of amides is 2. The van der Waals surface area contributed by atoms with Gasteiger partial charge in [-0.05, 0) is 43.1 Å². The Morgan fingerprint density at radius 1 is 1.37 bits per heavy atom. The van der Waals surface area contributed by atoms with E-state index in [0.717, 1.165) is 31.6 Å². The van der Waals surface area contributed by atoms with E-state index in [-0.39, 0.29) is 37.4 Å². The molecule has 0 saturated carbocycles. The molecule has 2 aliphatic rings. The van der Waals surface area contributed by atoms with Gasteiger partial charge in [-0.15, -0.1) is 0 Å². The first-order valence-electron chi connectivity index (χ1n) is 9.19. The Balaban J connectivity index is 1.59. The second kappa shape index (κ2) is 7.88. The Bertz CT molecular complexity index is 708. The van der Waals surface area contributed by atoms with E-state index in [1.165, 1.54) is 11.0 Å². The summed E-state index contributed by atoms with van der Waals surface area (Å²) in [5, 5.41) is 6.31. The molecular weight excluding hydrogens is 359 g/mol. The number of hydrogen-bond donors (Lipinski definition) is 2. The van der Waals surface area contributed by atoms with E-state index < -0.39 is 17.7 Å². The number of hydrogen-bond acceptors (Lipinski definition) is 3. The molecule has 3 unspecified atom stereocenters. The van der Waals surface area contributed by atoms with Crippen LogP contribution in [0, 0.1) is 11.8 Å². The monoisotopic (exact) mass is 383 g/mol. The van der Waals surface area contributed by atoms with Crippen LogP contribution in [0.2, 0.25) is 0 Å². The molecule has 2 saturated heterocycles. The van der Waals surface area contributed by atoms with Crippen LogP contribution in [0.15, 0.2) is 24.3 Å². The fourth-order valence-corrected chi connectivity index (χ4v) is 3.70. The Morgan fingerprint density at radius 2 is 2.15 bits per heavy atom. The molecule has 0 aliphatic carbocycles. The molecule has 2 N–H and O–H groups in total. The molecule has 2 aliphatic heterocycles. The molecule has 3 atom stereocenters. The lowest BCUT2D eigenvalue weighted by Crippen LogP contribution is -2.50. The van der Waals surface area contributed by atoms with Crippen molar-refractivity contribution in [3.8, 4) is 0 Å². The standard InChI is InChI=1S/C19H24F3N3O2/c1-12-9-23-6-5-16(12)24-18(27)14-8-17(26)25(11-14)10-13-3-2-4-15(7-13)19(20,21)22/h2-4,7,12,14,16,23H,5-6,8-11H2,1H3,(H,24,27). The minimum absolute atomic E-state index is 0.0796. The topological polar surface area (TPSA) is 61.4 Å². The first-order valence-corrected chi connectivity index (χ1v) is 9.19. The smallest absolute Gasteiger partial charge is 0.353 e. The lowest BCUT2D eigenvalue weighted by Gasteiger charge is -2.31. The van der Waals surface area contributed by atoms with Crippen LogP contribution in [0.5, 0.6) is 0 Å². The van der Waals surface area contributed by atoms with Crippen LogP contribution in [-0.4, -0.2) is 42.4 Å². The van der Waals surface area contributed by atoms with E-state index in [2.05, 4.69) is 17.6 Å². The summed E-state index contributed by atoms with van der Waals surface area (Å²) in [7, 11) is 0. The summed E-state index contributed by atoms with van der Waals surface area (Å²) in [6.45, 7) is 4.07. The molecule has 8 heteroatoms. The van der Waals surface area contributed by atoms with Gasteiger partial charge in [-0.2, -0.15) is 13.2 Å². The number of carbonyl (C=O) groups excluding carboxylic acids is 2. The number of rotatable bonds is 4. The van der Waals surface area contributed by atoms with Gasteiger partial charge >= 0.3 is 6.18 Å². The molecular formula is C19H24F3N3O2. The second-order valence-corrected chi connectivity index (χ2v) is 7.46. The summed E-state index contributed by atoms with van der Waals surface area (Å²) >= 11 is 0. The van der Waals surface area contributed by atoms with E-state index >= 15 is 0 Å². The maximum absolute atomic E-state index is 12.8. The van der Waals surface area contributed by atoms with Gasteiger partial charge in [-0.1, -0.05) is 19.1 Å². The zero-order valence-electron chi connectivity index (χ0n) is 15.2.